The highest BCUT2D eigenvalue weighted by Crippen LogP contribution is 2.60. The van der Waals surface area contributed by atoms with Crippen molar-refractivity contribution in [3.05, 3.63) is 68.9 Å². The Morgan fingerprint density at radius 3 is 2.83 bits per heavy atom. The summed E-state index contributed by atoms with van der Waals surface area (Å²) in [6, 6.07) is 9.73. The fourth-order valence-corrected chi connectivity index (χ4v) is 5.41. The number of hydrogen-bond donors (Lipinski definition) is 2. The van der Waals surface area contributed by atoms with E-state index < -0.39 is 6.10 Å². The zero-order chi connectivity index (χ0) is 20.8. The van der Waals surface area contributed by atoms with Crippen LogP contribution in [0.5, 0.6) is 0 Å². The molecule has 0 saturated heterocycles. The zero-order valence-corrected chi connectivity index (χ0v) is 17.9. The molecule has 3 aliphatic rings. The number of aliphatic hydroxyl groups excluding tert-OH is 1. The van der Waals surface area contributed by atoms with Gasteiger partial charge in [-0.05, 0) is 55.2 Å². The number of hydrogen-bond acceptors (Lipinski definition) is 4. The van der Waals surface area contributed by atoms with Gasteiger partial charge in [0.25, 0.3) is 5.56 Å². The van der Waals surface area contributed by atoms with Crippen LogP contribution in [0.1, 0.15) is 74.2 Å². The van der Waals surface area contributed by atoms with Crippen LogP contribution in [0, 0.1) is 11.8 Å². The van der Waals surface area contributed by atoms with E-state index in [-0.39, 0.29) is 5.56 Å². The molecule has 4 atom stereocenters. The molecular formula is C25H31N3O2. The van der Waals surface area contributed by atoms with Gasteiger partial charge < -0.3 is 10.1 Å². The molecule has 0 aliphatic heterocycles. The molecule has 158 valence electrons. The van der Waals surface area contributed by atoms with Gasteiger partial charge in [-0.3, -0.25) is 9.69 Å². The van der Waals surface area contributed by atoms with E-state index in [1.54, 1.807) is 5.57 Å². The van der Waals surface area contributed by atoms with Gasteiger partial charge in [-0.1, -0.05) is 49.8 Å². The minimum absolute atomic E-state index is 0.0297. The number of H-pyrrole nitrogens is 1. The summed E-state index contributed by atoms with van der Waals surface area (Å²) in [6.07, 6.45) is 3.93. The van der Waals surface area contributed by atoms with E-state index >= 15 is 0 Å². The lowest BCUT2D eigenvalue weighted by atomic mass is 9.77. The Bertz CT molecular complexity index is 1030. The molecule has 1 aromatic carbocycles. The number of aromatic amines is 1. The fraction of sp³-hybridized carbons (Fsp3) is 0.520. The molecule has 30 heavy (non-hydrogen) atoms. The highest BCUT2D eigenvalue weighted by Gasteiger charge is 2.49. The molecular weight excluding hydrogens is 374 g/mol. The number of rotatable bonds is 6. The lowest BCUT2D eigenvalue weighted by Crippen LogP contribution is -2.31. The average Bonchev–Trinajstić information content (AvgIpc) is 3.55. The van der Waals surface area contributed by atoms with Gasteiger partial charge in [-0.2, -0.15) is 0 Å². The molecule has 0 radical (unpaired) electrons. The van der Waals surface area contributed by atoms with E-state index in [2.05, 4.69) is 23.7 Å². The Labute approximate surface area is 177 Å². The van der Waals surface area contributed by atoms with Crippen molar-refractivity contribution in [1.82, 2.24) is 14.9 Å². The molecule has 5 heteroatoms. The molecule has 0 amide bonds. The number of aliphatic hydroxyl groups is 1. The Kier molecular flexibility index (Phi) is 5.11. The van der Waals surface area contributed by atoms with E-state index in [1.807, 2.05) is 30.3 Å². The molecule has 1 heterocycles. The molecule has 1 fully saturated rings. The van der Waals surface area contributed by atoms with E-state index in [1.165, 1.54) is 5.57 Å². The number of benzene rings is 1. The normalized spacial score (nSPS) is 25.5. The van der Waals surface area contributed by atoms with Gasteiger partial charge in [0, 0.05) is 12.5 Å². The molecule has 3 aliphatic carbocycles. The molecule has 2 aromatic rings. The third-order valence-corrected chi connectivity index (χ3v) is 7.17. The second kappa shape index (κ2) is 7.78. The maximum absolute atomic E-state index is 13.1. The minimum Gasteiger partial charge on any atom is -0.387 e. The van der Waals surface area contributed by atoms with Crippen LogP contribution in [0.2, 0.25) is 0 Å². The maximum Gasteiger partial charge on any atom is 0.258 e. The van der Waals surface area contributed by atoms with Crippen LogP contribution >= 0.6 is 0 Å². The second-order valence-corrected chi connectivity index (χ2v) is 9.33. The average molecular weight is 406 g/mol. The van der Waals surface area contributed by atoms with Gasteiger partial charge in [0.05, 0.1) is 23.9 Å². The topological polar surface area (TPSA) is 69.2 Å². The highest BCUT2D eigenvalue weighted by molar-refractivity contribution is 5.75. The molecule has 0 spiro atoms. The SMILES string of the molecule is CCN(Cc1nc2c(c(=O)[nH]1)C1=C(CC(C)CC1)C1CC21)CC(O)c1ccccc1. The summed E-state index contributed by atoms with van der Waals surface area (Å²) < 4.78 is 0. The van der Waals surface area contributed by atoms with Crippen molar-refractivity contribution in [3.8, 4) is 0 Å². The predicted molar refractivity (Wildman–Crippen MR) is 118 cm³/mol. The first kappa shape index (κ1) is 19.7. The summed E-state index contributed by atoms with van der Waals surface area (Å²) in [5.41, 5.74) is 5.71. The molecule has 2 N–H and O–H groups in total. The van der Waals surface area contributed by atoms with Crippen molar-refractivity contribution in [3.63, 3.8) is 0 Å². The monoisotopic (exact) mass is 405 g/mol. The van der Waals surface area contributed by atoms with Gasteiger partial charge in [0.2, 0.25) is 0 Å². The van der Waals surface area contributed by atoms with Crippen LogP contribution in [0.4, 0.5) is 0 Å². The van der Waals surface area contributed by atoms with E-state index in [4.69, 9.17) is 4.98 Å². The zero-order valence-electron chi connectivity index (χ0n) is 17.9. The Morgan fingerprint density at radius 1 is 1.27 bits per heavy atom. The van der Waals surface area contributed by atoms with Crippen LogP contribution in [0.15, 0.2) is 40.7 Å². The molecule has 1 saturated carbocycles. The summed E-state index contributed by atoms with van der Waals surface area (Å²) in [4.78, 5) is 23.3. The summed E-state index contributed by atoms with van der Waals surface area (Å²) in [5.74, 6) is 2.52. The van der Waals surface area contributed by atoms with E-state index in [0.29, 0.717) is 24.9 Å². The van der Waals surface area contributed by atoms with Gasteiger partial charge in [-0.25, -0.2) is 4.98 Å². The Morgan fingerprint density at radius 2 is 2.07 bits per heavy atom. The van der Waals surface area contributed by atoms with Gasteiger partial charge in [0.15, 0.2) is 0 Å². The van der Waals surface area contributed by atoms with Crippen molar-refractivity contribution in [1.29, 1.82) is 0 Å². The summed E-state index contributed by atoms with van der Waals surface area (Å²) in [6.45, 7) is 6.24. The quantitative estimate of drug-likeness (QED) is 0.762. The first-order valence-electron chi connectivity index (χ1n) is 11.4. The Balaban J connectivity index is 1.39. The maximum atomic E-state index is 13.1. The fourth-order valence-electron chi connectivity index (χ4n) is 5.41. The second-order valence-electron chi connectivity index (χ2n) is 9.33. The largest absolute Gasteiger partial charge is 0.387 e. The van der Waals surface area contributed by atoms with Crippen LogP contribution in [0.3, 0.4) is 0 Å². The predicted octanol–water partition coefficient (Wildman–Crippen LogP) is 4.02. The first-order valence-corrected chi connectivity index (χ1v) is 11.4. The third kappa shape index (κ3) is 3.54. The molecule has 5 nitrogen and oxygen atoms in total. The van der Waals surface area contributed by atoms with Crippen molar-refractivity contribution in [2.24, 2.45) is 11.8 Å². The van der Waals surface area contributed by atoms with Crippen molar-refractivity contribution in [2.45, 2.75) is 58.1 Å². The highest BCUT2D eigenvalue weighted by atomic mass is 16.3. The van der Waals surface area contributed by atoms with Crippen molar-refractivity contribution >= 4 is 5.57 Å². The lowest BCUT2D eigenvalue weighted by Gasteiger charge is -2.29. The van der Waals surface area contributed by atoms with Crippen LogP contribution in [-0.4, -0.2) is 33.1 Å². The van der Waals surface area contributed by atoms with Crippen LogP contribution in [-0.2, 0) is 6.54 Å². The number of aromatic nitrogens is 2. The molecule has 1 aromatic heterocycles. The van der Waals surface area contributed by atoms with Crippen LogP contribution in [0.25, 0.3) is 5.57 Å². The number of nitrogens with one attached hydrogen (secondary N) is 1. The summed E-state index contributed by atoms with van der Waals surface area (Å²) in [5, 5.41) is 10.6. The van der Waals surface area contributed by atoms with Crippen molar-refractivity contribution in [2.75, 3.05) is 13.1 Å². The Hall–Kier alpha value is -2.24. The van der Waals surface area contributed by atoms with Crippen molar-refractivity contribution < 1.29 is 5.11 Å². The standard InChI is InChI=1S/C25H31N3O2/c1-3-28(13-21(29)16-7-5-4-6-8-16)14-22-26-24-20-12-19(20)18-11-15(2)9-10-17(18)23(24)25(30)27-22/h4-8,15,19-21,29H,3,9-14H2,1-2H3,(H,26,27,30). The molecule has 4 unspecified atom stereocenters. The van der Waals surface area contributed by atoms with Gasteiger partial charge in [-0.15, -0.1) is 0 Å². The number of allylic oxidation sites excluding steroid dienone is 2. The number of nitrogens with zero attached hydrogens (tertiary/aromatic N) is 2. The van der Waals surface area contributed by atoms with Gasteiger partial charge in [0.1, 0.15) is 5.82 Å². The van der Waals surface area contributed by atoms with Gasteiger partial charge >= 0.3 is 0 Å². The minimum atomic E-state index is -0.555. The molecule has 0 bridgehead atoms. The first-order chi connectivity index (χ1) is 14.5. The van der Waals surface area contributed by atoms with E-state index in [9.17, 15) is 9.90 Å². The molecule has 5 rings (SSSR count). The number of likely N-dealkylation sites (N-methyl/N-ethyl adjacent to an activating group) is 1. The summed E-state index contributed by atoms with van der Waals surface area (Å²) >= 11 is 0. The lowest BCUT2D eigenvalue weighted by molar-refractivity contribution is 0.111. The third-order valence-electron chi connectivity index (χ3n) is 7.17. The number of fused-ring (bicyclic) bond motifs is 5. The van der Waals surface area contributed by atoms with Crippen LogP contribution < -0.4 is 5.56 Å². The smallest absolute Gasteiger partial charge is 0.258 e. The van der Waals surface area contributed by atoms with E-state index in [0.717, 1.165) is 60.8 Å². The summed E-state index contributed by atoms with van der Waals surface area (Å²) in [7, 11) is 0.